The summed E-state index contributed by atoms with van der Waals surface area (Å²) in [7, 11) is -10.5. The summed E-state index contributed by atoms with van der Waals surface area (Å²) in [5, 5.41) is 35.9. The first-order valence-corrected chi connectivity index (χ1v) is 23.3. The third-order valence-corrected chi connectivity index (χ3v) is 12.7. The van der Waals surface area contributed by atoms with Crippen LogP contribution in [0.2, 0.25) is 0 Å². The van der Waals surface area contributed by atoms with Crippen molar-refractivity contribution in [3.05, 3.63) is 119 Å². The fraction of sp³-hybridized carbons (Fsp3) is 0.213. The number of hydrogen-bond donors (Lipinski definition) is 6. The molecule has 2 aliphatic rings. The van der Waals surface area contributed by atoms with E-state index >= 15 is 0 Å². The number of aliphatic carboxylic acids is 2. The molecule has 4 amide bonds. The maximum absolute atomic E-state index is 13.2. The molecular formula is C47H44N6Na6O13S2. The van der Waals surface area contributed by atoms with Crippen LogP contribution < -0.4 is 224 Å². The van der Waals surface area contributed by atoms with E-state index in [0.717, 1.165) is 23.3 Å². The van der Waals surface area contributed by atoms with E-state index in [1.807, 2.05) is 19.9 Å². The Morgan fingerprint density at radius 1 is 0.662 bits per heavy atom. The van der Waals surface area contributed by atoms with Crippen LogP contribution in [0.25, 0.3) is 33.4 Å². The van der Waals surface area contributed by atoms with E-state index in [2.05, 4.69) is 51.5 Å². The van der Waals surface area contributed by atoms with Gasteiger partial charge in [-0.05, 0) is 87.6 Å². The Morgan fingerprint density at radius 3 is 1.72 bits per heavy atom. The molecule has 27 heteroatoms. The Hall–Kier alpha value is -1.33. The molecule has 0 unspecified atom stereocenters. The molecule has 1 aliphatic heterocycles. The van der Waals surface area contributed by atoms with Crippen LogP contribution in [0, 0.1) is 61.5 Å². The van der Waals surface area contributed by atoms with Gasteiger partial charge in [-0.15, -0.1) is 6.07 Å². The van der Waals surface area contributed by atoms with Gasteiger partial charge in [-0.2, -0.15) is 12.1 Å². The summed E-state index contributed by atoms with van der Waals surface area (Å²) in [6.07, 6.45) is -1.65. The van der Waals surface area contributed by atoms with Crippen molar-refractivity contribution < 1.29 is 242 Å². The number of hydrogen-bond acceptors (Lipinski definition) is 14. The summed E-state index contributed by atoms with van der Waals surface area (Å²) in [5.74, 6) is -3.32. The third kappa shape index (κ3) is 17.8. The molecule has 0 aromatic heterocycles. The summed E-state index contributed by atoms with van der Waals surface area (Å²) in [4.78, 5) is 49.7. The number of fused-ring (bicyclic) bond motifs is 2. The SMILES string of the molecule is [CH2-]C([CH2-])NC(=O)Nc1c(C)cc(C)c(Nc2[c-]cc3c(-c4ccccc4S(=O)(=O)[O-])c4cc(S(=O)(=O)[O-])c(=[NH+]c5c(C)cc(C)c(NC(=O)NC(CC(=O)[O-])CC(=O)[O-])c5C)cc-4oc3c2)c1C.[Na+].[Na+].[Na+].[Na+].[Na+].[Na+]. The van der Waals surface area contributed by atoms with Crippen molar-refractivity contribution in [2.75, 3.05) is 16.0 Å². The summed E-state index contributed by atoms with van der Waals surface area (Å²) in [5.41, 5.74) is 5.17. The zero-order chi connectivity index (χ0) is 50.2. The van der Waals surface area contributed by atoms with Crippen molar-refractivity contribution in [2.45, 2.75) is 76.3 Å². The first-order valence-electron chi connectivity index (χ1n) is 20.5. The average molecular weight is 1100 g/mol. The fourth-order valence-corrected chi connectivity index (χ4v) is 9.40. The molecule has 6 rings (SSSR count). The van der Waals surface area contributed by atoms with Gasteiger partial charge >= 0.3 is 189 Å². The van der Waals surface area contributed by atoms with Gasteiger partial charge in [0.15, 0.2) is 0 Å². The molecule has 0 atom stereocenters. The first kappa shape index (κ1) is 72.7. The van der Waals surface area contributed by atoms with Crippen LogP contribution in [0.1, 0.15) is 46.2 Å². The molecule has 4 aromatic carbocycles. The Kier molecular flexibility index (Phi) is 29.8. The number of carbonyl (C=O) groups is 4. The standard InChI is InChI=1S/C47H47N6O13S2.6Na/c1-22(2)48-46(58)52-44-25(5)15-23(3)42(27(44)7)49-29-13-14-31-35(17-29)66-36-21-34(38(68(63,64)65)20-33(36)41(31)32-11-9-10-12-37(32)67(60,61)62)51-43-24(4)16-26(6)45(28(43)8)53-47(59)50-30(18-39(54)55)19-40(56)57;;;;;;/h9-12,14-17,20-22,30,49H,1-2,18-19H2,3-8H3,(H,54,55)(H,56,57)(H2,48,52,58)(H2,50,53,59)(H,60,61,62)(H,63,64,65);;;;;;/q-3;6*+1/p-3. The zero-order valence-corrected chi connectivity index (χ0v) is 57.0. The quantitative estimate of drug-likeness (QED) is 0.0256. The molecule has 1 aliphatic carbocycles. The molecule has 0 fully saturated rings. The molecule has 1 heterocycles. The average Bonchev–Trinajstić information content (AvgIpc) is 3.21. The first-order chi connectivity index (χ1) is 31.7. The maximum atomic E-state index is 13.2. The van der Waals surface area contributed by atoms with Gasteiger partial charge in [-0.1, -0.05) is 40.9 Å². The monoisotopic (exact) mass is 1100 g/mol. The minimum absolute atomic E-state index is 0. The number of anilines is 4. The van der Waals surface area contributed by atoms with E-state index in [1.54, 1.807) is 33.8 Å². The van der Waals surface area contributed by atoms with Crippen LogP contribution in [0.3, 0.4) is 0 Å². The number of amides is 4. The Morgan fingerprint density at radius 2 is 1.18 bits per heavy atom. The van der Waals surface area contributed by atoms with Crippen LogP contribution in [-0.4, -0.2) is 62.0 Å². The smallest absolute Gasteiger partial charge is 0.744 e. The molecule has 6 N–H and O–H groups in total. The molecule has 358 valence electrons. The van der Waals surface area contributed by atoms with Crippen molar-refractivity contribution in [3.63, 3.8) is 0 Å². The Labute approximate surface area is 562 Å². The predicted octanol–water partition coefficient (Wildman–Crippen LogP) is -15.3. The van der Waals surface area contributed by atoms with Gasteiger partial charge in [0.25, 0.3) is 0 Å². The van der Waals surface area contributed by atoms with Crippen LogP contribution in [0.4, 0.5) is 38.0 Å². The second-order valence-corrected chi connectivity index (χ2v) is 18.8. The third-order valence-electron chi connectivity index (χ3n) is 10.9. The van der Waals surface area contributed by atoms with Crippen molar-refractivity contribution in [2.24, 2.45) is 0 Å². The van der Waals surface area contributed by atoms with Crippen molar-refractivity contribution in [3.8, 4) is 22.5 Å². The number of aryl methyl sites for hydroxylation is 4. The summed E-state index contributed by atoms with van der Waals surface area (Å²) < 4.78 is 84.1. The molecule has 0 saturated carbocycles. The Bertz CT molecular complexity index is 3340. The van der Waals surface area contributed by atoms with E-state index in [9.17, 15) is 55.3 Å². The van der Waals surface area contributed by atoms with Crippen molar-refractivity contribution in [1.82, 2.24) is 10.6 Å². The van der Waals surface area contributed by atoms with Crippen LogP contribution in [0.5, 0.6) is 0 Å². The summed E-state index contributed by atoms with van der Waals surface area (Å²) in [6.45, 7) is 17.7. The van der Waals surface area contributed by atoms with E-state index in [0.29, 0.717) is 39.3 Å². The Balaban J connectivity index is 0.00000888. The van der Waals surface area contributed by atoms with Crippen LogP contribution >= 0.6 is 0 Å². The van der Waals surface area contributed by atoms with Gasteiger partial charge in [-0.25, -0.2) is 37.5 Å². The van der Waals surface area contributed by atoms with E-state index in [1.165, 1.54) is 36.4 Å². The van der Waals surface area contributed by atoms with Crippen LogP contribution in [-0.2, 0) is 29.8 Å². The second kappa shape index (κ2) is 30.3. The number of rotatable bonds is 14. The van der Waals surface area contributed by atoms with Gasteiger partial charge in [0.05, 0.1) is 22.3 Å². The fourth-order valence-electron chi connectivity index (χ4n) is 8.07. The molecule has 0 radical (unpaired) electrons. The maximum Gasteiger partial charge on any atom is 1.00 e. The predicted molar refractivity (Wildman–Crippen MR) is 243 cm³/mol. The van der Waals surface area contributed by atoms with Gasteiger partial charge in [0.1, 0.15) is 30.9 Å². The van der Waals surface area contributed by atoms with E-state index < -0.39 is 79.0 Å². The number of benzene rings is 5. The minimum atomic E-state index is -5.38. The number of carboxylic acid groups (broad SMARTS) is 2. The largest absolute Gasteiger partial charge is 1.00 e. The minimum Gasteiger partial charge on any atom is -0.744 e. The molecule has 0 spiro atoms. The van der Waals surface area contributed by atoms with E-state index in [4.69, 9.17) is 4.42 Å². The van der Waals surface area contributed by atoms with Crippen molar-refractivity contribution >= 4 is 83.6 Å². The normalized spacial score (nSPS) is 11.2. The van der Waals surface area contributed by atoms with Gasteiger partial charge in [0.2, 0.25) is 11.0 Å². The van der Waals surface area contributed by atoms with E-state index in [-0.39, 0.29) is 227 Å². The summed E-state index contributed by atoms with van der Waals surface area (Å²) in [6, 6.07) is 13.5. The van der Waals surface area contributed by atoms with Gasteiger partial charge in [0, 0.05) is 58.8 Å². The van der Waals surface area contributed by atoms with Gasteiger partial charge in [-0.3, -0.25) is 0 Å². The number of carboxylic acids is 2. The van der Waals surface area contributed by atoms with Crippen molar-refractivity contribution in [1.29, 1.82) is 0 Å². The number of urea groups is 2. The molecule has 4 aromatic rings. The number of nitrogens with one attached hydrogen (secondary N) is 6. The topological polar surface area (TPSA) is 316 Å². The molecule has 0 bridgehead atoms. The second-order valence-electron chi connectivity index (χ2n) is 16.1. The molecular weight excluding hydrogens is 1060 g/mol. The molecule has 0 saturated heterocycles. The van der Waals surface area contributed by atoms with Gasteiger partial charge < -0.3 is 73.8 Å². The number of carbonyl (C=O) groups excluding carboxylic acids is 4. The zero-order valence-electron chi connectivity index (χ0n) is 43.4. The summed E-state index contributed by atoms with van der Waals surface area (Å²) >= 11 is 0. The molecule has 19 nitrogen and oxygen atoms in total. The van der Waals surface area contributed by atoms with Crippen LogP contribution in [0.15, 0.2) is 74.9 Å². The molecule has 74 heavy (non-hydrogen) atoms.